The predicted molar refractivity (Wildman–Crippen MR) is 130 cm³/mol. The van der Waals surface area contributed by atoms with Gasteiger partial charge in [0.1, 0.15) is 11.5 Å². The number of anilines is 1. The number of methoxy groups -OCH3 is 2. The van der Waals surface area contributed by atoms with Gasteiger partial charge in [-0.25, -0.2) is 0 Å². The molecule has 186 valence electrons. The minimum Gasteiger partial charge on any atom is -0.497 e. The Hall–Kier alpha value is -3.55. The second-order valence-electron chi connectivity index (χ2n) is 8.87. The van der Waals surface area contributed by atoms with Crippen molar-refractivity contribution in [3.05, 3.63) is 54.1 Å². The largest absolute Gasteiger partial charge is 0.497 e. The molecule has 0 unspecified atom stereocenters. The summed E-state index contributed by atoms with van der Waals surface area (Å²) >= 11 is 0. The van der Waals surface area contributed by atoms with Crippen LogP contribution in [0.3, 0.4) is 0 Å². The van der Waals surface area contributed by atoms with Gasteiger partial charge in [-0.15, -0.1) is 0 Å². The van der Waals surface area contributed by atoms with Crippen LogP contribution in [0.1, 0.15) is 43.7 Å². The first-order valence-corrected chi connectivity index (χ1v) is 12.1. The highest BCUT2D eigenvalue weighted by Crippen LogP contribution is 2.41. The van der Waals surface area contributed by atoms with E-state index >= 15 is 0 Å². The van der Waals surface area contributed by atoms with Crippen molar-refractivity contribution in [3.8, 4) is 11.5 Å². The van der Waals surface area contributed by atoms with Crippen molar-refractivity contribution >= 4 is 23.5 Å². The molecule has 0 saturated carbocycles. The van der Waals surface area contributed by atoms with Gasteiger partial charge < -0.3 is 24.0 Å². The van der Waals surface area contributed by atoms with E-state index < -0.39 is 17.9 Å². The van der Waals surface area contributed by atoms with Gasteiger partial charge in [-0.05, 0) is 67.6 Å². The molecule has 2 heterocycles. The maximum absolute atomic E-state index is 13.3. The summed E-state index contributed by atoms with van der Waals surface area (Å²) in [5.41, 5.74) is 1.46. The number of ether oxygens (including phenoxy) is 3. The van der Waals surface area contributed by atoms with Crippen LogP contribution in [-0.2, 0) is 19.1 Å². The zero-order valence-electron chi connectivity index (χ0n) is 20.3. The van der Waals surface area contributed by atoms with Crippen molar-refractivity contribution in [3.63, 3.8) is 0 Å². The number of rotatable bonds is 7. The summed E-state index contributed by atoms with van der Waals surface area (Å²) < 4.78 is 16.1. The molecule has 0 bridgehead atoms. The minimum atomic E-state index is -0.614. The molecule has 35 heavy (non-hydrogen) atoms. The number of likely N-dealkylation sites (tertiary alicyclic amines) is 1. The number of piperidine rings is 2. The molecule has 4 rings (SSSR count). The number of carbonyl (C=O) groups excluding carboxylic acids is 3. The van der Waals surface area contributed by atoms with E-state index in [2.05, 4.69) is 0 Å². The molecule has 8 heteroatoms. The zero-order chi connectivity index (χ0) is 24.8. The number of hydrogen-bond acceptors (Lipinski definition) is 6. The van der Waals surface area contributed by atoms with Gasteiger partial charge in [0, 0.05) is 25.2 Å². The fraction of sp³-hybridized carbons (Fsp3) is 0.444. The average molecular weight is 481 g/mol. The zero-order valence-corrected chi connectivity index (χ0v) is 20.3. The lowest BCUT2D eigenvalue weighted by Crippen LogP contribution is -2.46. The van der Waals surface area contributed by atoms with Gasteiger partial charge in [0.2, 0.25) is 5.91 Å². The van der Waals surface area contributed by atoms with E-state index in [0.717, 1.165) is 24.8 Å². The van der Waals surface area contributed by atoms with Crippen molar-refractivity contribution in [2.24, 2.45) is 5.92 Å². The molecule has 8 nitrogen and oxygen atoms in total. The smallest absolute Gasteiger partial charge is 0.311 e. The first-order chi connectivity index (χ1) is 17.0. The highest BCUT2D eigenvalue weighted by Gasteiger charge is 2.42. The fourth-order valence-corrected chi connectivity index (χ4v) is 4.84. The molecule has 2 aliphatic heterocycles. The van der Waals surface area contributed by atoms with Crippen LogP contribution in [0, 0.1) is 5.92 Å². The van der Waals surface area contributed by atoms with Crippen molar-refractivity contribution in [2.45, 2.75) is 38.1 Å². The van der Waals surface area contributed by atoms with E-state index in [9.17, 15) is 14.4 Å². The maximum atomic E-state index is 13.3. The van der Waals surface area contributed by atoms with Gasteiger partial charge in [0.05, 0.1) is 26.2 Å². The molecule has 0 N–H and O–H groups in total. The van der Waals surface area contributed by atoms with Crippen LogP contribution in [0.25, 0.3) is 0 Å². The first kappa shape index (κ1) is 24.6. The Morgan fingerprint density at radius 3 is 2.09 bits per heavy atom. The van der Waals surface area contributed by atoms with Crippen LogP contribution in [0.15, 0.2) is 48.5 Å². The Morgan fingerprint density at radius 2 is 1.49 bits per heavy atom. The molecular weight excluding hydrogens is 448 g/mol. The highest BCUT2D eigenvalue weighted by molar-refractivity contribution is 5.97. The van der Waals surface area contributed by atoms with Gasteiger partial charge in [-0.2, -0.15) is 0 Å². The molecule has 2 saturated heterocycles. The third-order valence-corrected chi connectivity index (χ3v) is 6.75. The number of benzene rings is 2. The molecular formula is C27H32N2O6. The second kappa shape index (κ2) is 11.3. The summed E-state index contributed by atoms with van der Waals surface area (Å²) in [5.74, 6) is 0.0199. The van der Waals surface area contributed by atoms with Gasteiger partial charge >= 0.3 is 5.97 Å². The standard InChI is InChI=1S/C27H32N2O6/c1-33-21-10-6-19(7-11-21)26-23(27(32)35-18-25(31)28-16-4-3-5-17-28)14-15-24(30)29(26)20-8-12-22(34-2)13-9-20/h6-13,23,26H,3-5,14-18H2,1-2H3/t23-,26+/m0/s1. The molecule has 2 aromatic rings. The number of amides is 2. The topological polar surface area (TPSA) is 85.4 Å². The van der Waals surface area contributed by atoms with Crippen LogP contribution in [0.5, 0.6) is 11.5 Å². The first-order valence-electron chi connectivity index (χ1n) is 12.1. The molecule has 2 aliphatic rings. The Morgan fingerprint density at radius 1 is 0.886 bits per heavy atom. The molecule has 2 aromatic carbocycles. The van der Waals surface area contributed by atoms with Crippen molar-refractivity contribution < 1.29 is 28.6 Å². The average Bonchev–Trinajstić information content (AvgIpc) is 2.92. The van der Waals surface area contributed by atoms with E-state index in [1.807, 2.05) is 24.3 Å². The Balaban J connectivity index is 1.60. The van der Waals surface area contributed by atoms with Crippen molar-refractivity contribution in [2.75, 3.05) is 38.8 Å². The van der Waals surface area contributed by atoms with E-state index in [0.29, 0.717) is 36.7 Å². The summed E-state index contributed by atoms with van der Waals surface area (Å²) in [6, 6.07) is 13.9. The van der Waals surface area contributed by atoms with Crippen molar-refractivity contribution in [1.82, 2.24) is 4.90 Å². The van der Waals surface area contributed by atoms with Crippen LogP contribution < -0.4 is 14.4 Å². The molecule has 0 spiro atoms. The number of esters is 1. The summed E-state index contributed by atoms with van der Waals surface area (Å²) in [6.07, 6.45) is 3.61. The highest BCUT2D eigenvalue weighted by atomic mass is 16.5. The maximum Gasteiger partial charge on any atom is 0.311 e. The SMILES string of the molecule is COc1ccc([C@@H]2[C@@H](C(=O)OCC(=O)N3CCCCC3)CCC(=O)N2c2ccc(OC)cc2)cc1. The van der Waals surface area contributed by atoms with Gasteiger partial charge in [0.25, 0.3) is 5.91 Å². The molecule has 2 atom stereocenters. The molecule has 2 amide bonds. The molecule has 0 radical (unpaired) electrons. The molecule has 0 aromatic heterocycles. The Labute approximate surface area is 205 Å². The van der Waals surface area contributed by atoms with Gasteiger partial charge in [-0.1, -0.05) is 12.1 Å². The van der Waals surface area contributed by atoms with Crippen molar-refractivity contribution in [1.29, 1.82) is 0 Å². The third kappa shape index (κ3) is 5.58. The van der Waals surface area contributed by atoms with E-state index in [1.54, 1.807) is 48.3 Å². The summed E-state index contributed by atoms with van der Waals surface area (Å²) in [6.45, 7) is 1.13. The summed E-state index contributed by atoms with van der Waals surface area (Å²) in [5, 5.41) is 0. The number of hydrogen-bond donors (Lipinski definition) is 0. The fourth-order valence-electron chi connectivity index (χ4n) is 4.84. The molecule has 2 fully saturated rings. The third-order valence-electron chi connectivity index (χ3n) is 6.75. The van der Waals surface area contributed by atoms with Crippen LogP contribution >= 0.6 is 0 Å². The van der Waals surface area contributed by atoms with E-state index in [4.69, 9.17) is 14.2 Å². The molecule has 0 aliphatic carbocycles. The van der Waals surface area contributed by atoms with Crippen LogP contribution in [0.2, 0.25) is 0 Å². The number of carbonyl (C=O) groups is 3. The number of nitrogens with zero attached hydrogens (tertiary/aromatic N) is 2. The lowest BCUT2D eigenvalue weighted by molar-refractivity contribution is -0.157. The van der Waals surface area contributed by atoms with E-state index in [-0.39, 0.29) is 24.8 Å². The predicted octanol–water partition coefficient (Wildman–Crippen LogP) is 3.74. The Kier molecular flexibility index (Phi) is 7.90. The summed E-state index contributed by atoms with van der Waals surface area (Å²) in [4.78, 5) is 42.4. The monoisotopic (exact) mass is 480 g/mol. The minimum absolute atomic E-state index is 0.0792. The lowest BCUT2D eigenvalue weighted by Gasteiger charge is -2.40. The van der Waals surface area contributed by atoms with Crippen LogP contribution in [-0.4, -0.2) is 56.6 Å². The quantitative estimate of drug-likeness (QED) is 0.561. The van der Waals surface area contributed by atoms with Gasteiger partial charge in [-0.3, -0.25) is 14.4 Å². The summed E-state index contributed by atoms with van der Waals surface area (Å²) in [7, 11) is 3.17. The normalized spacial score (nSPS) is 20.3. The van der Waals surface area contributed by atoms with Gasteiger partial charge in [0.15, 0.2) is 6.61 Å². The Bertz CT molecular complexity index is 1030. The second-order valence-corrected chi connectivity index (χ2v) is 8.87. The van der Waals surface area contributed by atoms with Crippen LogP contribution in [0.4, 0.5) is 5.69 Å². The van der Waals surface area contributed by atoms with E-state index in [1.165, 1.54) is 0 Å². The lowest BCUT2D eigenvalue weighted by atomic mass is 9.83.